The quantitative estimate of drug-likeness (QED) is 0.488. The van der Waals surface area contributed by atoms with Crippen LogP contribution in [0.25, 0.3) is 22.2 Å². The third kappa shape index (κ3) is 5.42. The lowest BCUT2D eigenvalue weighted by atomic mass is 9.98. The summed E-state index contributed by atoms with van der Waals surface area (Å²) >= 11 is 0. The molecule has 2 N–H and O–H groups in total. The highest BCUT2D eigenvalue weighted by Crippen LogP contribution is 2.37. The summed E-state index contributed by atoms with van der Waals surface area (Å²) in [5.74, 6) is -0.320. The van der Waals surface area contributed by atoms with Gasteiger partial charge in [0.15, 0.2) is 0 Å². The molecule has 202 valence electrons. The monoisotopic (exact) mass is 538 g/mol. The predicted molar refractivity (Wildman–Crippen MR) is 148 cm³/mol. The van der Waals surface area contributed by atoms with E-state index in [2.05, 4.69) is 21.0 Å². The Bertz CT molecular complexity index is 1530. The Morgan fingerprint density at radius 3 is 2.50 bits per heavy atom. The molecule has 0 radical (unpaired) electrons. The molecule has 38 heavy (non-hydrogen) atoms. The number of piperidine rings is 1. The molecule has 1 fully saturated rings. The SMILES string of the molecule is CC(C)(C)OC(=O)n1c(-c2ccc(NS(C)(=O)=O)c3c2C(=O)NC3)cc2cc(CN3CCCCC3)ccc21. The van der Waals surface area contributed by atoms with Gasteiger partial charge in [0.25, 0.3) is 5.91 Å². The van der Waals surface area contributed by atoms with Crippen LogP contribution in [0.3, 0.4) is 0 Å². The molecule has 3 aromatic rings. The summed E-state index contributed by atoms with van der Waals surface area (Å²) in [6.45, 7) is 8.62. The molecule has 5 rings (SSSR count). The van der Waals surface area contributed by atoms with Gasteiger partial charge in [0.2, 0.25) is 10.0 Å². The molecule has 0 saturated carbocycles. The summed E-state index contributed by atoms with van der Waals surface area (Å²) in [7, 11) is -3.55. The van der Waals surface area contributed by atoms with Crippen molar-refractivity contribution in [2.45, 2.75) is 58.7 Å². The van der Waals surface area contributed by atoms with Crippen molar-refractivity contribution in [1.29, 1.82) is 0 Å². The van der Waals surface area contributed by atoms with Gasteiger partial charge in [-0.3, -0.25) is 14.4 Å². The van der Waals surface area contributed by atoms with Gasteiger partial charge in [-0.15, -0.1) is 0 Å². The van der Waals surface area contributed by atoms with Gasteiger partial charge in [0, 0.05) is 29.6 Å². The number of hydrogen-bond acceptors (Lipinski definition) is 6. The molecule has 1 amide bonds. The number of rotatable bonds is 5. The fraction of sp³-hybridized carbons (Fsp3) is 0.429. The van der Waals surface area contributed by atoms with E-state index in [1.165, 1.54) is 23.8 Å². The van der Waals surface area contributed by atoms with Gasteiger partial charge in [0.1, 0.15) is 5.60 Å². The minimum atomic E-state index is -3.55. The van der Waals surface area contributed by atoms with E-state index in [9.17, 15) is 18.0 Å². The second-order valence-corrected chi connectivity index (χ2v) is 12.9. The van der Waals surface area contributed by atoms with Crippen molar-refractivity contribution >= 4 is 38.6 Å². The van der Waals surface area contributed by atoms with Crippen LogP contribution in [0.5, 0.6) is 0 Å². The molecular formula is C28H34N4O5S. The fourth-order valence-electron chi connectivity index (χ4n) is 5.30. The predicted octanol–water partition coefficient (Wildman–Crippen LogP) is 4.69. The van der Waals surface area contributed by atoms with Crippen LogP contribution in [0.2, 0.25) is 0 Å². The smallest absolute Gasteiger partial charge is 0.419 e. The highest BCUT2D eigenvalue weighted by atomic mass is 32.2. The first-order valence-corrected chi connectivity index (χ1v) is 14.8. The summed E-state index contributed by atoms with van der Waals surface area (Å²) in [6.07, 6.45) is 4.21. The van der Waals surface area contributed by atoms with Gasteiger partial charge in [-0.2, -0.15) is 0 Å². The molecule has 0 bridgehead atoms. The Morgan fingerprint density at radius 2 is 1.82 bits per heavy atom. The molecule has 2 aliphatic heterocycles. The first-order chi connectivity index (χ1) is 17.9. The van der Waals surface area contributed by atoms with E-state index < -0.39 is 21.7 Å². The fourth-order valence-corrected chi connectivity index (χ4v) is 5.89. The topological polar surface area (TPSA) is 110 Å². The second kappa shape index (κ2) is 9.74. The number of fused-ring (bicyclic) bond motifs is 2. The molecule has 2 aromatic carbocycles. The summed E-state index contributed by atoms with van der Waals surface area (Å²) in [5.41, 5.74) is 3.40. The van der Waals surface area contributed by atoms with Crippen LogP contribution in [0.15, 0.2) is 36.4 Å². The Labute approximate surface area is 223 Å². The Hall–Kier alpha value is -3.37. The van der Waals surface area contributed by atoms with Gasteiger partial charge < -0.3 is 10.1 Å². The van der Waals surface area contributed by atoms with E-state index in [0.29, 0.717) is 33.6 Å². The molecule has 10 heteroatoms. The zero-order valence-electron chi connectivity index (χ0n) is 22.3. The standard InChI is InChI=1S/C28H34N4O5S/c1-28(2,3)37-27(34)32-23-11-8-18(17-31-12-6-5-7-13-31)14-19(23)15-24(32)20-9-10-22(30-38(4,35)36)21-16-29-26(33)25(20)21/h8-11,14-15,30H,5-7,12-13,16-17H2,1-4H3,(H,29,33). The number of nitrogens with zero attached hydrogens (tertiary/aromatic N) is 2. The molecule has 2 aliphatic rings. The first kappa shape index (κ1) is 26.2. The molecule has 0 spiro atoms. The van der Waals surface area contributed by atoms with Crippen LogP contribution >= 0.6 is 0 Å². The van der Waals surface area contributed by atoms with Crippen molar-refractivity contribution in [3.8, 4) is 11.3 Å². The second-order valence-electron chi connectivity index (χ2n) is 11.1. The normalized spacial score (nSPS) is 16.4. The van der Waals surface area contributed by atoms with Crippen molar-refractivity contribution in [3.05, 3.63) is 53.1 Å². The van der Waals surface area contributed by atoms with Crippen molar-refractivity contribution in [3.63, 3.8) is 0 Å². The van der Waals surface area contributed by atoms with E-state index in [1.807, 2.05) is 39.0 Å². The molecule has 0 unspecified atom stereocenters. The molecule has 0 atom stereocenters. The minimum Gasteiger partial charge on any atom is -0.443 e. The maximum Gasteiger partial charge on any atom is 0.419 e. The van der Waals surface area contributed by atoms with Crippen LogP contribution in [0, 0.1) is 0 Å². The van der Waals surface area contributed by atoms with Crippen LogP contribution in [-0.4, -0.2) is 54.8 Å². The Kier molecular flexibility index (Phi) is 6.73. The van der Waals surface area contributed by atoms with E-state index in [0.717, 1.165) is 36.8 Å². The Morgan fingerprint density at radius 1 is 1.08 bits per heavy atom. The molecular weight excluding hydrogens is 504 g/mol. The number of anilines is 1. The third-order valence-electron chi connectivity index (χ3n) is 6.83. The number of likely N-dealkylation sites (tertiary alicyclic amines) is 1. The summed E-state index contributed by atoms with van der Waals surface area (Å²) in [4.78, 5) is 28.9. The lowest BCUT2D eigenvalue weighted by Crippen LogP contribution is -2.29. The average molecular weight is 539 g/mol. The number of nitrogens with one attached hydrogen (secondary N) is 2. The number of aromatic nitrogens is 1. The number of carbonyl (C=O) groups excluding carboxylic acids is 2. The maximum absolute atomic E-state index is 13.5. The van der Waals surface area contributed by atoms with Crippen LogP contribution in [-0.2, 0) is 27.8 Å². The maximum atomic E-state index is 13.5. The lowest BCUT2D eigenvalue weighted by molar-refractivity contribution is 0.0547. The number of amides is 1. The van der Waals surface area contributed by atoms with Crippen molar-refractivity contribution in [1.82, 2.24) is 14.8 Å². The van der Waals surface area contributed by atoms with E-state index in [1.54, 1.807) is 12.1 Å². The van der Waals surface area contributed by atoms with Crippen molar-refractivity contribution in [2.24, 2.45) is 0 Å². The highest BCUT2D eigenvalue weighted by Gasteiger charge is 2.30. The highest BCUT2D eigenvalue weighted by molar-refractivity contribution is 7.92. The van der Waals surface area contributed by atoms with E-state index in [-0.39, 0.29) is 12.5 Å². The van der Waals surface area contributed by atoms with Crippen LogP contribution < -0.4 is 10.0 Å². The van der Waals surface area contributed by atoms with Gasteiger partial charge in [-0.05, 0) is 82.6 Å². The molecule has 1 aromatic heterocycles. The number of ether oxygens (including phenoxy) is 1. The molecule has 1 saturated heterocycles. The third-order valence-corrected chi connectivity index (χ3v) is 7.42. The zero-order chi connectivity index (χ0) is 27.2. The van der Waals surface area contributed by atoms with E-state index in [4.69, 9.17) is 4.74 Å². The van der Waals surface area contributed by atoms with Crippen molar-refractivity contribution < 1.29 is 22.7 Å². The summed E-state index contributed by atoms with van der Waals surface area (Å²) in [6, 6.07) is 11.3. The van der Waals surface area contributed by atoms with Gasteiger partial charge >= 0.3 is 6.09 Å². The molecule has 3 heterocycles. The van der Waals surface area contributed by atoms with E-state index >= 15 is 0 Å². The number of hydrogen-bond donors (Lipinski definition) is 2. The van der Waals surface area contributed by atoms with Gasteiger partial charge in [-0.25, -0.2) is 17.8 Å². The largest absolute Gasteiger partial charge is 0.443 e. The number of sulfonamides is 1. The molecule has 0 aliphatic carbocycles. The van der Waals surface area contributed by atoms with Gasteiger partial charge in [0.05, 0.1) is 28.7 Å². The number of benzene rings is 2. The van der Waals surface area contributed by atoms with Crippen molar-refractivity contribution in [2.75, 3.05) is 24.1 Å². The minimum absolute atomic E-state index is 0.187. The van der Waals surface area contributed by atoms with Crippen LogP contribution in [0.4, 0.5) is 10.5 Å². The van der Waals surface area contributed by atoms with Crippen LogP contribution in [0.1, 0.15) is 61.5 Å². The average Bonchev–Trinajstić information content (AvgIpc) is 3.39. The summed E-state index contributed by atoms with van der Waals surface area (Å²) in [5, 5.41) is 3.66. The number of carbonyl (C=O) groups is 2. The summed E-state index contributed by atoms with van der Waals surface area (Å²) < 4.78 is 33.6. The molecule has 9 nitrogen and oxygen atoms in total. The zero-order valence-corrected chi connectivity index (χ0v) is 23.1. The lowest BCUT2D eigenvalue weighted by Gasteiger charge is -2.26. The Balaban J connectivity index is 1.65. The van der Waals surface area contributed by atoms with Gasteiger partial charge in [-0.1, -0.05) is 12.5 Å². The first-order valence-electron chi connectivity index (χ1n) is 12.9.